The largest absolute Gasteiger partial charge is 0.459 e. The predicted octanol–water partition coefficient (Wildman–Crippen LogP) is 15.8. The maximum Gasteiger partial charge on any atom is 0.333 e. The normalized spacial score (nSPS) is 14.9. The van der Waals surface area contributed by atoms with E-state index in [2.05, 4.69) is 0 Å². The van der Waals surface area contributed by atoms with E-state index in [-0.39, 0.29) is 101 Å². The third kappa shape index (κ3) is 9.23. The summed E-state index contributed by atoms with van der Waals surface area (Å²) >= 11 is 2.07. The van der Waals surface area contributed by atoms with Gasteiger partial charge in [0.2, 0.25) is 10.8 Å². The molecule has 0 unspecified atom stereocenters. The van der Waals surface area contributed by atoms with Crippen LogP contribution in [-0.2, 0) is 75.4 Å². The number of ether oxygens (including phenoxy) is 4. The number of Topliss-reactive ketones (excluding diaryl/α,β-unsaturated/α-hetero) is 4. The fourth-order valence-electron chi connectivity index (χ4n) is 13.4. The second kappa shape index (κ2) is 22.7. The first kappa shape index (κ1) is 57.6. The fourth-order valence-corrected chi connectivity index (χ4v) is 16.5. The first-order chi connectivity index (χ1) is 45.9. The fraction of sp³-hybridized carbons (Fsp3) is 0.0750. The zero-order chi connectivity index (χ0) is 64.0. The van der Waals surface area contributed by atoms with Crippen molar-refractivity contribution in [3.05, 3.63) is 318 Å². The molecule has 0 aliphatic heterocycles. The SMILES string of the molecule is O=C1C(=CC2=Cc3sc4c5c(sc4c3C2(C(=O)OCc2ccccc2)C(=O)OCc2ccccc2)C=C(C=C2C(=O)c3cc4cc6ccccc6cc4cc3C2=O)C5(C(=O)OCc2ccccc2)C(=O)OCc2ccccc2)C(=O)c2cc3cc4ccccc4cc3cc21. The monoisotopic (exact) mass is 1260 g/mol. The van der Waals surface area contributed by atoms with Crippen molar-refractivity contribution in [3.8, 4) is 0 Å². The zero-order valence-corrected chi connectivity index (χ0v) is 51.3. The van der Waals surface area contributed by atoms with Gasteiger partial charge in [0.05, 0.1) is 20.5 Å². The number of carbonyl (C=O) groups excluding carboxylic acids is 8. The minimum Gasteiger partial charge on any atom is -0.459 e. The Bertz CT molecular complexity index is 4870. The summed E-state index contributed by atoms with van der Waals surface area (Å²) in [6.07, 6.45) is 5.66. The van der Waals surface area contributed by atoms with E-state index in [1.807, 2.05) is 72.8 Å². The summed E-state index contributed by atoms with van der Waals surface area (Å²) in [7, 11) is 0. The summed E-state index contributed by atoms with van der Waals surface area (Å²) in [5.41, 5.74) is -3.00. The van der Waals surface area contributed by atoms with Gasteiger partial charge < -0.3 is 18.9 Å². The minimum atomic E-state index is -2.59. The molecule has 4 aliphatic carbocycles. The lowest BCUT2D eigenvalue weighted by Gasteiger charge is -2.29. The lowest BCUT2D eigenvalue weighted by atomic mass is 9.75. The second-order valence-electron chi connectivity index (χ2n) is 23.6. The molecule has 0 spiro atoms. The summed E-state index contributed by atoms with van der Waals surface area (Å²) in [5.74, 6) is -6.92. The van der Waals surface area contributed by atoms with E-state index < -0.39 is 57.8 Å². The van der Waals surface area contributed by atoms with Crippen LogP contribution in [0.1, 0.15) is 84.6 Å². The van der Waals surface area contributed by atoms with E-state index in [1.54, 1.807) is 158 Å². The van der Waals surface area contributed by atoms with Crippen LogP contribution in [0, 0.1) is 0 Å². The molecule has 12 aromatic rings. The molecule has 0 saturated heterocycles. The summed E-state index contributed by atoms with van der Waals surface area (Å²) in [5, 5.41) is 6.65. The maximum atomic E-state index is 16.0. The smallest absolute Gasteiger partial charge is 0.333 e. The Morgan fingerprint density at radius 2 is 0.564 bits per heavy atom. The van der Waals surface area contributed by atoms with Crippen LogP contribution < -0.4 is 0 Å². The molecule has 0 saturated carbocycles. The number of benzene rings is 10. The molecule has 0 fully saturated rings. The first-order valence-electron chi connectivity index (χ1n) is 30.3. The molecule has 94 heavy (non-hydrogen) atoms. The van der Waals surface area contributed by atoms with Gasteiger partial charge in [0.25, 0.3) is 0 Å². The number of thiophene rings is 2. The van der Waals surface area contributed by atoms with Crippen LogP contribution in [0.3, 0.4) is 0 Å². The van der Waals surface area contributed by atoms with E-state index in [4.69, 9.17) is 18.9 Å². The number of rotatable bonds is 14. The van der Waals surface area contributed by atoms with Gasteiger partial charge in [0.15, 0.2) is 23.1 Å². The second-order valence-corrected chi connectivity index (χ2v) is 25.7. The number of esters is 4. The average Bonchev–Trinajstić information content (AvgIpc) is 1.51. The van der Waals surface area contributed by atoms with Gasteiger partial charge >= 0.3 is 23.9 Å². The van der Waals surface area contributed by atoms with Crippen molar-refractivity contribution >= 4 is 134 Å². The van der Waals surface area contributed by atoms with E-state index >= 15 is 19.2 Å². The van der Waals surface area contributed by atoms with Gasteiger partial charge in [-0.05, 0) is 149 Å². The van der Waals surface area contributed by atoms with E-state index in [1.165, 1.54) is 12.2 Å². The van der Waals surface area contributed by atoms with Crippen LogP contribution in [-0.4, -0.2) is 47.0 Å². The van der Waals surface area contributed by atoms with Crippen LogP contribution in [0.2, 0.25) is 0 Å². The Balaban J connectivity index is 0.905. The van der Waals surface area contributed by atoms with Gasteiger partial charge in [-0.3, -0.25) is 38.4 Å². The maximum absolute atomic E-state index is 16.0. The predicted molar refractivity (Wildman–Crippen MR) is 360 cm³/mol. The highest BCUT2D eigenvalue weighted by molar-refractivity contribution is 7.29. The highest BCUT2D eigenvalue weighted by Gasteiger charge is 2.63. The van der Waals surface area contributed by atoms with Crippen LogP contribution >= 0.6 is 22.7 Å². The van der Waals surface area contributed by atoms with Crippen molar-refractivity contribution < 1.29 is 57.3 Å². The van der Waals surface area contributed by atoms with Crippen molar-refractivity contribution in [1.29, 1.82) is 0 Å². The Kier molecular flexibility index (Phi) is 13.9. The molecule has 452 valence electrons. The Labute approximate surface area is 543 Å². The average molecular weight is 1270 g/mol. The molecule has 10 aromatic carbocycles. The lowest BCUT2D eigenvalue weighted by molar-refractivity contribution is -0.166. The Morgan fingerprint density at radius 1 is 0.319 bits per heavy atom. The zero-order valence-electron chi connectivity index (χ0n) is 49.6. The van der Waals surface area contributed by atoms with E-state index in [9.17, 15) is 19.2 Å². The number of allylic oxidation sites excluding steroid dienone is 4. The third-order valence-electron chi connectivity index (χ3n) is 18.1. The standard InChI is InChI=1S/C80H48O12S2/c81-69-59-33-53-29-49-25-13-14-26-50(49)30-54(53)34-60(59)70(82)63(69)37-57-39-65-67(79(57,75(85)89-41-45-17-5-1-6-18-45)76(86)90-42-46-19-7-2-8-20-46)73-74(93-65)68-66(94-73)40-58(38-64-71(83)61-35-55-31-51-27-15-16-28-52(51)32-56(55)36-62(61)72(64)84)80(68,77(87)91-43-47-21-9-3-10-22-47)78(88)92-44-48-23-11-4-12-24-48/h1-40H,41-44H2. The molecule has 0 radical (unpaired) electrons. The van der Waals surface area contributed by atoms with Crippen LogP contribution in [0.5, 0.6) is 0 Å². The van der Waals surface area contributed by atoms with Gasteiger partial charge in [-0.1, -0.05) is 170 Å². The van der Waals surface area contributed by atoms with Crippen molar-refractivity contribution in [2.45, 2.75) is 37.3 Å². The molecule has 16 rings (SSSR count). The molecule has 0 amide bonds. The van der Waals surface area contributed by atoms with Gasteiger partial charge in [0, 0.05) is 43.1 Å². The summed E-state index contributed by atoms with van der Waals surface area (Å²) in [6, 6.07) is 65.5. The third-order valence-corrected chi connectivity index (χ3v) is 20.5. The van der Waals surface area contributed by atoms with Gasteiger partial charge in [-0.25, -0.2) is 0 Å². The van der Waals surface area contributed by atoms with Crippen molar-refractivity contribution in [3.63, 3.8) is 0 Å². The number of carbonyl (C=O) groups is 8. The van der Waals surface area contributed by atoms with Crippen molar-refractivity contribution in [2.24, 2.45) is 0 Å². The lowest BCUT2D eigenvalue weighted by Crippen LogP contribution is -2.46. The molecule has 2 heterocycles. The van der Waals surface area contributed by atoms with Crippen LogP contribution in [0.25, 0.3) is 64.6 Å². The van der Waals surface area contributed by atoms with Crippen LogP contribution in [0.15, 0.2) is 253 Å². The van der Waals surface area contributed by atoms with Crippen LogP contribution in [0.4, 0.5) is 0 Å². The molecule has 4 aliphatic rings. The quantitative estimate of drug-likeness (QED) is 0.0252. The molecule has 0 bridgehead atoms. The summed E-state index contributed by atoms with van der Waals surface area (Å²) in [6.45, 7) is -1.26. The molecule has 12 nitrogen and oxygen atoms in total. The first-order valence-corrected chi connectivity index (χ1v) is 31.9. The van der Waals surface area contributed by atoms with E-state index in [0.29, 0.717) is 22.3 Å². The van der Waals surface area contributed by atoms with Gasteiger partial charge in [-0.2, -0.15) is 0 Å². The molecule has 2 aromatic heterocycles. The molecule has 0 N–H and O–H groups in total. The molecule has 0 atom stereocenters. The van der Waals surface area contributed by atoms with E-state index in [0.717, 1.165) is 65.8 Å². The van der Waals surface area contributed by atoms with Crippen molar-refractivity contribution in [1.82, 2.24) is 0 Å². The Morgan fingerprint density at radius 3 is 0.819 bits per heavy atom. The number of fused-ring (bicyclic) bond motifs is 11. The van der Waals surface area contributed by atoms with Gasteiger partial charge in [-0.15, -0.1) is 22.7 Å². The van der Waals surface area contributed by atoms with Crippen molar-refractivity contribution in [2.75, 3.05) is 0 Å². The summed E-state index contributed by atoms with van der Waals surface area (Å²) in [4.78, 5) is 125. The Hall–Kier alpha value is -11.6. The number of hydrogen-bond acceptors (Lipinski definition) is 14. The molecular weight excluding hydrogens is 1220 g/mol. The topological polar surface area (TPSA) is 173 Å². The highest BCUT2D eigenvalue weighted by Crippen LogP contribution is 2.60. The molecular formula is C80H48O12S2. The van der Waals surface area contributed by atoms with Gasteiger partial charge in [0.1, 0.15) is 26.4 Å². The summed E-state index contributed by atoms with van der Waals surface area (Å²) < 4.78 is 25.6. The number of ketones is 4. The highest BCUT2D eigenvalue weighted by atomic mass is 32.1. The number of hydrogen-bond donors (Lipinski definition) is 0. The molecule has 14 heteroatoms. The minimum absolute atomic E-state index is 0.0524.